The first-order chi connectivity index (χ1) is 10.6. The number of hydrogen-bond acceptors (Lipinski definition) is 3. The van der Waals surface area contributed by atoms with E-state index in [0.717, 1.165) is 55.5 Å². The van der Waals surface area contributed by atoms with Gasteiger partial charge in [0, 0.05) is 12.1 Å². The van der Waals surface area contributed by atoms with Crippen LogP contribution in [0.5, 0.6) is 5.75 Å². The zero-order valence-electron chi connectivity index (χ0n) is 14.4. The van der Waals surface area contributed by atoms with E-state index < -0.39 is 0 Å². The second-order valence-corrected chi connectivity index (χ2v) is 6.27. The predicted octanol–water partition coefficient (Wildman–Crippen LogP) is 3.72. The molecule has 1 aromatic rings. The Balaban J connectivity index is 2.33. The summed E-state index contributed by atoms with van der Waals surface area (Å²) in [5.41, 5.74) is 1.05. The maximum absolute atomic E-state index is 5.68. The second kappa shape index (κ2) is 10.6. The molecule has 0 saturated heterocycles. The fourth-order valence-electron chi connectivity index (χ4n) is 2.11. The molecule has 0 aliphatic rings. The quantitative estimate of drug-likeness (QED) is 0.524. The molecule has 3 nitrogen and oxygen atoms in total. The molecule has 1 rings (SSSR count). The van der Waals surface area contributed by atoms with Gasteiger partial charge in [-0.25, -0.2) is 0 Å². The Bertz CT molecular complexity index is 427. The van der Waals surface area contributed by atoms with Gasteiger partial charge in [0.25, 0.3) is 0 Å². The molecular formula is C18H30N2OS. The van der Waals surface area contributed by atoms with E-state index >= 15 is 0 Å². The van der Waals surface area contributed by atoms with Crippen LogP contribution < -0.4 is 10.1 Å². The van der Waals surface area contributed by atoms with Gasteiger partial charge in [-0.15, -0.1) is 0 Å². The minimum Gasteiger partial charge on any atom is -0.493 e. The molecule has 0 radical (unpaired) electrons. The highest BCUT2D eigenvalue weighted by molar-refractivity contribution is 7.80. The zero-order chi connectivity index (χ0) is 16.4. The van der Waals surface area contributed by atoms with Crippen molar-refractivity contribution in [2.75, 3.05) is 32.8 Å². The molecule has 0 atom stereocenters. The fourth-order valence-corrected chi connectivity index (χ4v) is 2.35. The third-order valence-corrected chi connectivity index (χ3v) is 3.91. The molecular weight excluding hydrogens is 292 g/mol. The van der Waals surface area contributed by atoms with Crippen molar-refractivity contribution in [3.8, 4) is 5.75 Å². The van der Waals surface area contributed by atoms with Crippen LogP contribution in [0, 0.1) is 5.92 Å². The Morgan fingerprint density at radius 2 is 1.82 bits per heavy atom. The molecule has 1 aromatic carbocycles. The number of benzene rings is 1. The van der Waals surface area contributed by atoms with Gasteiger partial charge < -0.3 is 15.0 Å². The lowest BCUT2D eigenvalue weighted by Gasteiger charge is -2.18. The van der Waals surface area contributed by atoms with E-state index in [1.807, 2.05) is 24.3 Å². The van der Waals surface area contributed by atoms with E-state index in [1.165, 1.54) is 0 Å². The largest absolute Gasteiger partial charge is 0.493 e. The Labute approximate surface area is 141 Å². The van der Waals surface area contributed by atoms with E-state index in [-0.39, 0.29) is 0 Å². The van der Waals surface area contributed by atoms with Crippen molar-refractivity contribution in [2.24, 2.45) is 5.92 Å². The lowest BCUT2D eigenvalue weighted by molar-refractivity contribution is 0.271. The van der Waals surface area contributed by atoms with Crippen molar-refractivity contribution in [1.29, 1.82) is 0 Å². The van der Waals surface area contributed by atoms with Crippen LogP contribution >= 0.6 is 12.2 Å². The third kappa shape index (κ3) is 7.23. The maximum Gasteiger partial charge on any atom is 0.119 e. The normalized spacial score (nSPS) is 11.0. The lowest BCUT2D eigenvalue weighted by Crippen LogP contribution is -2.29. The summed E-state index contributed by atoms with van der Waals surface area (Å²) >= 11 is 5.44. The summed E-state index contributed by atoms with van der Waals surface area (Å²) in [6, 6.07) is 8.02. The van der Waals surface area contributed by atoms with E-state index in [0.29, 0.717) is 5.92 Å². The molecule has 0 spiro atoms. The number of rotatable bonds is 10. The molecule has 0 unspecified atom stereocenters. The molecule has 4 heteroatoms. The van der Waals surface area contributed by atoms with E-state index in [2.05, 4.69) is 37.9 Å². The van der Waals surface area contributed by atoms with Crippen molar-refractivity contribution in [3.05, 3.63) is 29.8 Å². The summed E-state index contributed by atoms with van der Waals surface area (Å²) in [6.45, 7) is 13.7. The van der Waals surface area contributed by atoms with Crippen LogP contribution in [0.3, 0.4) is 0 Å². The van der Waals surface area contributed by atoms with Crippen LogP contribution in [0.15, 0.2) is 24.3 Å². The molecule has 0 heterocycles. The van der Waals surface area contributed by atoms with E-state index in [9.17, 15) is 0 Å². The van der Waals surface area contributed by atoms with Gasteiger partial charge >= 0.3 is 0 Å². The topological polar surface area (TPSA) is 24.5 Å². The van der Waals surface area contributed by atoms with Crippen molar-refractivity contribution >= 4 is 17.2 Å². The van der Waals surface area contributed by atoms with Crippen LogP contribution in [-0.2, 0) is 0 Å². The SMILES string of the molecule is CCN(CC)CCCNC(=S)c1ccc(OCC(C)C)cc1. The first-order valence-electron chi connectivity index (χ1n) is 8.30. The van der Waals surface area contributed by atoms with E-state index in [1.54, 1.807) is 0 Å². The fraction of sp³-hybridized carbons (Fsp3) is 0.611. The standard InChI is InChI=1S/C18H30N2OS/c1-5-20(6-2)13-7-12-19-18(22)16-8-10-17(11-9-16)21-14-15(3)4/h8-11,15H,5-7,12-14H2,1-4H3,(H,19,22). The molecule has 22 heavy (non-hydrogen) atoms. The van der Waals surface area contributed by atoms with Crippen LogP contribution in [0.25, 0.3) is 0 Å². The molecule has 0 saturated carbocycles. The summed E-state index contributed by atoms with van der Waals surface area (Å²) in [4.78, 5) is 3.24. The molecule has 124 valence electrons. The maximum atomic E-state index is 5.68. The van der Waals surface area contributed by atoms with Crippen LogP contribution in [0.2, 0.25) is 0 Å². The van der Waals surface area contributed by atoms with Gasteiger partial charge in [-0.05, 0) is 56.2 Å². The summed E-state index contributed by atoms with van der Waals surface area (Å²) in [7, 11) is 0. The van der Waals surface area contributed by atoms with Crippen LogP contribution in [0.1, 0.15) is 39.7 Å². The zero-order valence-corrected chi connectivity index (χ0v) is 15.2. The number of hydrogen-bond donors (Lipinski definition) is 1. The van der Waals surface area contributed by atoms with Crippen molar-refractivity contribution < 1.29 is 4.74 Å². The Morgan fingerprint density at radius 3 is 2.36 bits per heavy atom. The second-order valence-electron chi connectivity index (χ2n) is 5.87. The molecule has 0 aliphatic carbocycles. The smallest absolute Gasteiger partial charge is 0.119 e. The Kier molecular flexibility index (Phi) is 9.09. The van der Waals surface area contributed by atoms with Crippen LogP contribution in [-0.4, -0.2) is 42.7 Å². The Hall–Kier alpha value is -1.13. The average Bonchev–Trinajstić information content (AvgIpc) is 2.53. The number of nitrogens with one attached hydrogen (secondary N) is 1. The molecule has 0 bridgehead atoms. The summed E-state index contributed by atoms with van der Waals surface area (Å²) in [5.74, 6) is 1.44. The first kappa shape index (κ1) is 18.9. The average molecular weight is 323 g/mol. The monoisotopic (exact) mass is 322 g/mol. The molecule has 0 aromatic heterocycles. The summed E-state index contributed by atoms with van der Waals surface area (Å²) < 4.78 is 5.68. The van der Waals surface area contributed by atoms with Gasteiger partial charge in [0.1, 0.15) is 10.7 Å². The predicted molar refractivity (Wildman–Crippen MR) is 98.9 cm³/mol. The van der Waals surface area contributed by atoms with Gasteiger partial charge in [-0.1, -0.05) is 39.9 Å². The van der Waals surface area contributed by atoms with Gasteiger partial charge in [-0.2, -0.15) is 0 Å². The van der Waals surface area contributed by atoms with Gasteiger partial charge in [0.05, 0.1) is 6.61 Å². The van der Waals surface area contributed by atoms with Crippen LogP contribution in [0.4, 0.5) is 0 Å². The molecule has 0 fully saturated rings. The third-order valence-electron chi connectivity index (χ3n) is 3.53. The van der Waals surface area contributed by atoms with Gasteiger partial charge in [0.2, 0.25) is 0 Å². The Morgan fingerprint density at radius 1 is 1.18 bits per heavy atom. The number of ether oxygens (including phenoxy) is 1. The van der Waals surface area contributed by atoms with Crippen molar-refractivity contribution in [3.63, 3.8) is 0 Å². The first-order valence-corrected chi connectivity index (χ1v) is 8.71. The number of nitrogens with zero attached hydrogens (tertiary/aromatic N) is 1. The molecule has 1 N–H and O–H groups in total. The van der Waals surface area contributed by atoms with Gasteiger partial charge in [-0.3, -0.25) is 0 Å². The van der Waals surface area contributed by atoms with Gasteiger partial charge in [0.15, 0.2) is 0 Å². The van der Waals surface area contributed by atoms with Crippen molar-refractivity contribution in [1.82, 2.24) is 10.2 Å². The summed E-state index contributed by atoms with van der Waals surface area (Å²) in [6.07, 6.45) is 1.11. The highest BCUT2D eigenvalue weighted by Crippen LogP contribution is 2.13. The molecule has 0 aliphatic heterocycles. The lowest BCUT2D eigenvalue weighted by atomic mass is 10.2. The minimum absolute atomic E-state index is 0.535. The van der Waals surface area contributed by atoms with Crippen molar-refractivity contribution in [2.45, 2.75) is 34.1 Å². The summed E-state index contributed by atoms with van der Waals surface area (Å²) in [5, 5.41) is 3.34. The number of thiocarbonyl (C=S) groups is 1. The highest BCUT2D eigenvalue weighted by Gasteiger charge is 2.03. The van der Waals surface area contributed by atoms with E-state index in [4.69, 9.17) is 17.0 Å². The highest BCUT2D eigenvalue weighted by atomic mass is 32.1. The minimum atomic E-state index is 0.535. The molecule has 0 amide bonds.